The summed E-state index contributed by atoms with van der Waals surface area (Å²) in [4.78, 5) is 25.0. The number of hydrogen-bond donors (Lipinski definition) is 1. The van der Waals surface area contributed by atoms with Gasteiger partial charge in [0.25, 0.3) is 5.91 Å². The molecule has 7 heteroatoms. The van der Waals surface area contributed by atoms with E-state index in [1.165, 1.54) is 16.2 Å². The first kappa shape index (κ1) is 14.0. The molecular weight excluding hydrogens is 386 g/mol. The van der Waals surface area contributed by atoms with Gasteiger partial charge >= 0.3 is 5.97 Å². The van der Waals surface area contributed by atoms with E-state index >= 15 is 0 Å². The minimum absolute atomic E-state index is 0.212. The molecule has 1 amide bonds. The molecule has 2 heterocycles. The molecular formula is C11H11Br2NO3S. The summed E-state index contributed by atoms with van der Waals surface area (Å²) in [6, 6.07) is 1.03. The van der Waals surface area contributed by atoms with Crippen LogP contribution in [-0.2, 0) is 4.79 Å². The van der Waals surface area contributed by atoms with E-state index in [2.05, 4.69) is 31.9 Å². The number of thiophene rings is 1. The van der Waals surface area contributed by atoms with Gasteiger partial charge in [-0.05, 0) is 57.2 Å². The first-order valence-corrected chi connectivity index (χ1v) is 7.89. The minimum Gasteiger partial charge on any atom is -0.480 e. The molecule has 1 saturated heterocycles. The highest BCUT2D eigenvalue weighted by Crippen LogP contribution is 2.33. The zero-order valence-electron chi connectivity index (χ0n) is 9.36. The Balaban J connectivity index is 2.26. The Morgan fingerprint density at radius 3 is 2.67 bits per heavy atom. The molecule has 1 atom stereocenters. The summed E-state index contributed by atoms with van der Waals surface area (Å²) in [5, 5.41) is 9.17. The summed E-state index contributed by atoms with van der Waals surface area (Å²) in [7, 11) is 0. The fraction of sp³-hybridized carbons (Fsp3) is 0.455. The minimum atomic E-state index is -0.923. The van der Waals surface area contributed by atoms with E-state index in [0.29, 0.717) is 18.5 Å². The van der Waals surface area contributed by atoms with E-state index < -0.39 is 12.0 Å². The van der Waals surface area contributed by atoms with Crippen molar-refractivity contribution in [1.29, 1.82) is 0 Å². The third-order valence-corrected chi connectivity index (χ3v) is 5.28. The molecule has 0 aliphatic carbocycles. The van der Waals surface area contributed by atoms with Gasteiger partial charge in [-0.25, -0.2) is 4.79 Å². The van der Waals surface area contributed by atoms with Crippen molar-refractivity contribution in [1.82, 2.24) is 4.90 Å². The number of carboxylic acid groups (broad SMARTS) is 1. The summed E-state index contributed by atoms with van der Waals surface area (Å²) < 4.78 is 1.58. The highest BCUT2D eigenvalue weighted by atomic mass is 79.9. The Labute approximate surface area is 125 Å². The van der Waals surface area contributed by atoms with Gasteiger partial charge in [-0.3, -0.25) is 4.79 Å². The van der Waals surface area contributed by atoms with Crippen molar-refractivity contribution in [3.63, 3.8) is 0 Å². The lowest BCUT2D eigenvalue weighted by atomic mass is 10.0. The monoisotopic (exact) mass is 395 g/mol. The Bertz CT molecular complexity index is 489. The molecule has 0 radical (unpaired) electrons. The average Bonchev–Trinajstić information content (AvgIpc) is 2.67. The largest absolute Gasteiger partial charge is 0.480 e. The lowest BCUT2D eigenvalue weighted by Gasteiger charge is -2.32. The standard InChI is InChI=1S/C11H11Br2NO3S/c12-8-5-6(9(13)18-8)10(15)14-4-2-1-3-7(14)11(16)17/h5,7H,1-4H2,(H,16,17). The molecule has 0 saturated carbocycles. The molecule has 18 heavy (non-hydrogen) atoms. The second-order valence-corrected chi connectivity index (χ2v) is 7.84. The third kappa shape index (κ3) is 2.78. The lowest BCUT2D eigenvalue weighted by molar-refractivity contribution is -0.143. The van der Waals surface area contributed by atoms with Crippen molar-refractivity contribution in [3.05, 3.63) is 19.2 Å². The molecule has 1 aromatic rings. The van der Waals surface area contributed by atoms with Crippen LogP contribution in [0.4, 0.5) is 0 Å². The first-order chi connectivity index (χ1) is 8.50. The smallest absolute Gasteiger partial charge is 0.326 e. The number of aliphatic carboxylic acids is 1. The van der Waals surface area contributed by atoms with Gasteiger partial charge in [0, 0.05) is 6.54 Å². The van der Waals surface area contributed by atoms with Crippen LogP contribution in [0.5, 0.6) is 0 Å². The van der Waals surface area contributed by atoms with Crippen LogP contribution in [-0.4, -0.2) is 34.5 Å². The highest BCUT2D eigenvalue weighted by Gasteiger charge is 2.33. The van der Waals surface area contributed by atoms with Gasteiger partial charge in [0.2, 0.25) is 0 Å². The number of nitrogens with zero attached hydrogens (tertiary/aromatic N) is 1. The van der Waals surface area contributed by atoms with Gasteiger partial charge in [-0.2, -0.15) is 0 Å². The van der Waals surface area contributed by atoms with Crippen molar-refractivity contribution in [3.8, 4) is 0 Å². The van der Waals surface area contributed by atoms with Gasteiger partial charge in [-0.1, -0.05) is 0 Å². The number of carboxylic acids is 1. The van der Waals surface area contributed by atoms with Gasteiger partial charge in [0.15, 0.2) is 0 Å². The molecule has 1 aromatic heterocycles. The van der Waals surface area contributed by atoms with Crippen LogP contribution in [0.2, 0.25) is 0 Å². The number of hydrogen-bond acceptors (Lipinski definition) is 3. The van der Waals surface area contributed by atoms with Gasteiger partial charge in [0.05, 0.1) is 13.1 Å². The SMILES string of the molecule is O=C(O)C1CCCCN1C(=O)c1cc(Br)sc1Br. The molecule has 1 fully saturated rings. The van der Waals surface area contributed by atoms with Crippen LogP contribution in [0.15, 0.2) is 13.6 Å². The van der Waals surface area contributed by atoms with E-state index in [0.717, 1.165) is 20.4 Å². The average molecular weight is 397 g/mol. The van der Waals surface area contributed by atoms with Crippen molar-refractivity contribution >= 4 is 55.1 Å². The molecule has 0 spiro atoms. The van der Waals surface area contributed by atoms with Gasteiger partial charge < -0.3 is 10.0 Å². The summed E-state index contributed by atoms with van der Waals surface area (Å²) in [5.41, 5.74) is 0.528. The predicted molar refractivity (Wildman–Crippen MR) is 76.0 cm³/mol. The lowest BCUT2D eigenvalue weighted by Crippen LogP contribution is -2.47. The van der Waals surface area contributed by atoms with Gasteiger partial charge in [-0.15, -0.1) is 11.3 Å². The van der Waals surface area contributed by atoms with E-state index in [9.17, 15) is 9.59 Å². The van der Waals surface area contributed by atoms with Crippen LogP contribution in [0.1, 0.15) is 29.6 Å². The fourth-order valence-electron chi connectivity index (χ4n) is 2.07. The highest BCUT2D eigenvalue weighted by molar-refractivity contribution is 9.12. The number of rotatable bonds is 2. The fourth-order valence-corrected chi connectivity index (χ4v) is 4.85. The maximum absolute atomic E-state index is 12.4. The van der Waals surface area contributed by atoms with E-state index in [1.807, 2.05) is 0 Å². The summed E-state index contributed by atoms with van der Waals surface area (Å²) in [6.07, 6.45) is 2.25. The molecule has 2 rings (SSSR count). The van der Waals surface area contributed by atoms with Crippen molar-refractivity contribution in [2.24, 2.45) is 0 Å². The molecule has 1 aliphatic rings. The number of piperidine rings is 1. The zero-order valence-corrected chi connectivity index (χ0v) is 13.3. The van der Waals surface area contributed by atoms with Crippen LogP contribution < -0.4 is 0 Å². The Kier molecular flexibility index (Phi) is 4.45. The van der Waals surface area contributed by atoms with E-state index in [-0.39, 0.29) is 5.91 Å². The maximum Gasteiger partial charge on any atom is 0.326 e. The summed E-state index contributed by atoms with van der Waals surface area (Å²) >= 11 is 8.07. The summed E-state index contributed by atoms with van der Waals surface area (Å²) in [5.74, 6) is -1.13. The van der Waals surface area contributed by atoms with Crippen LogP contribution in [0.25, 0.3) is 0 Å². The second-order valence-electron chi connectivity index (χ2n) is 4.09. The molecule has 1 aliphatic heterocycles. The third-order valence-electron chi connectivity index (χ3n) is 2.94. The summed E-state index contributed by atoms with van der Waals surface area (Å²) in [6.45, 7) is 0.510. The second kappa shape index (κ2) is 5.71. The van der Waals surface area contributed by atoms with Crippen LogP contribution in [0, 0.1) is 0 Å². The Morgan fingerprint density at radius 2 is 2.11 bits per heavy atom. The van der Waals surface area contributed by atoms with E-state index in [4.69, 9.17) is 5.11 Å². The first-order valence-electron chi connectivity index (χ1n) is 5.49. The Morgan fingerprint density at radius 1 is 1.39 bits per heavy atom. The molecule has 98 valence electrons. The molecule has 0 aromatic carbocycles. The normalized spacial score (nSPS) is 19.9. The van der Waals surface area contributed by atoms with E-state index in [1.54, 1.807) is 6.07 Å². The number of halogens is 2. The Hall–Kier alpha value is -0.400. The maximum atomic E-state index is 12.4. The van der Waals surface area contributed by atoms with Crippen LogP contribution in [0.3, 0.4) is 0 Å². The molecule has 1 N–H and O–H groups in total. The predicted octanol–water partition coefficient (Wildman–Crippen LogP) is 3.35. The van der Waals surface area contributed by atoms with Gasteiger partial charge in [0.1, 0.15) is 6.04 Å². The van der Waals surface area contributed by atoms with Crippen LogP contribution >= 0.6 is 43.2 Å². The molecule has 0 bridgehead atoms. The quantitative estimate of drug-likeness (QED) is 0.833. The van der Waals surface area contributed by atoms with Crippen molar-refractivity contribution < 1.29 is 14.7 Å². The molecule has 4 nitrogen and oxygen atoms in total. The zero-order chi connectivity index (χ0) is 13.3. The van der Waals surface area contributed by atoms with Crippen molar-refractivity contribution in [2.75, 3.05) is 6.54 Å². The van der Waals surface area contributed by atoms with Crippen molar-refractivity contribution in [2.45, 2.75) is 25.3 Å². The number of carbonyl (C=O) groups excluding carboxylic acids is 1. The topological polar surface area (TPSA) is 57.6 Å². The molecule has 1 unspecified atom stereocenters. The number of amides is 1. The number of likely N-dealkylation sites (tertiary alicyclic amines) is 1. The number of carbonyl (C=O) groups is 2.